The van der Waals surface area contributed by atoms with Crippen molar-refractivity contribution in [2.24, 2.45) is 0 Å². The van der Waals surface area contributed by atoms with Crippen molar-refractivity contribution in [3.63, 3.8) is 0 Å². The van der Waals surface area contributed by atoms with Crippen molar-refractivity contribution in [1.82, 2.24) is 25.0 Å². The maximum Gasteiger partial charge on any atom is 0.254 e. The number of hydrogen-bond acceptors (Lipinski definition) is 4. The van der Waals surface area contributed by atoms with Crippen LogP contribution in [0.1, 0.15) is 30.1 Å². The van der Waals surface area contributed by atoms with E-state index in [9.17, 15) is 14.0 Å². The minimum absolute atomic E-state index is 0.0207. The first-order chi connectivity index (χ1) is 14.0. The molecule has 0 bridgehead atoms. The normalized spacial score (nSPS) is 17.2. The quantitative estimate of drug-likeness (QED) is 0.736. The lowest BCUT2D eigenvalue weighted by atomic mass is 10.0. The molecule has 8 heteroatoms. The molecular formula is C21H22FN5O2. The number of pyridine rings is 1. The molecule has 4 rings (SSSR count). The number of nitrogens with one attached hydrogen (secondary N) is 1. The summed E-state index contributed by atoms with van der Waals surface area (Å²) < 4.78 is 13.8. The number of fused-ring (bicyclic) bond motifs is 1. The molecular weight excluding hydrogens is 373 g/mol. The van der Waals surface area contributed by atoms with Crippen LogP contribution in [0.4, 0.5) is 4.39 Å². The number of piperazine rings is 1. The number of nitrogens with zero attached hydrogens (tertiary/aromatic N) is 4. The van der Waals surface area contributed by atoms with Gasteiger partial charge >= 0.3 is 0 Å². The largest absolute Gasteiger partial charge is 0.342 e. The Balaban J connectivity index is 1.66. The summed E-state index contributed by atoms with van der Waals surface area (Å²) >= 11 is 0. The molecule has 1 aliphatic rings. The van der Waals surface area contributed by atoms with E-state index in [4.69, 9.17) is 0 Å². The maximum atomic E-state index is 13.8. The molecule has 0 radical (unpaired) electrons. The number of aromatic nitrogens is 3. The topological polar surface area (TPSA) is 82.2 Å². The smallest absolute Gasteiger partial charge is 0.254 e. The lowest BCUT2D eigenvalue weighted by Crippen LogP contribution is -2.57. The van der Waals surface area contributed by atoms with Gasteiger partial charge in [-0.3, -0.25) is 14.7 Å². The maximum absolute atomic E-state index is 13.8. The number of carbonyl (C=O) groups is 2. The molecule has 2 amide bonds. The number of aromatic amines is 1. The number of rotatable bonds is 4. The first-order valence-electron chi connectivity index (χ1n) is 9.65. The molecule has 2 aromatic heterocycles. The molecule has 0 saturated carbocycles. The molecule has 3 heterocycles. The average molecular weight is 395 g/mol. The number of benzene rings is 1. The zero-order valence-corrected chi connectivity index (χ0v) is 16.4. The lowest BCUT2D eigenvalue weighted by Gasteiger charge is -2.39. The van der Waals surface area contributed by atoms with Crippen molar-refractivity contribution in [1.29, 1.82) is 0 Å². The van der Waals surface area contributed by atoms with Crippen LogP contribution in [0.5, 0.6) is 0 Å². The van der Waals surface area contributed by atoms with E-state index >= 15 is 0 Å². The summed E-state index contributed by atoms with van der Waals surface area (Å²) in [7, 11) is 1.77. The monoisotopic (exact) mass is 395 g/mol. The highest BCUT2D eigenvalue weighted by atomic mass is 19.1. The Kier molecular flexibility index (Phi) is 5.00. The van der Waals surface area contributed by atoms with Gasteiger partial charge in [-0.2, -0.15) is 9.49 Å². The summed E-state index contributed by atoms with van der Waals surface area (Å²) in [5.41, 5.74) is 2.23. The van der Waals surface area contributed by atoms with Crippen LogP contribution >= 0.6 is 0 Å². The standard InChI is InChI=1S/C21H22FN5O2/c1-3-5-17-21(29)26(2)8-9-27(17)20(28)14-7-4-6-13(10-14)15-11-16-18(22)24-25-19(16)23-12-15/h4,6-7,10-12,17H,3,5,8-9H2,1-2H3,(H,23,24,25). The van der Waals surface area contributed by atoms with Gasteiger partial charge in [0.25, 0.3) is 5.91 Å². The third kappa shape index (κ3) is 3.46. The first-order valence-corrected chi connectivity index (χ1v) is 9.65. The fourth-order valence-electron chi connectivity index (χ4n) is 3.73. The molecule has 0 aliphatic carbocycles. The van der Waals surface area contributed by atoms with Gasteiger partial charge < -0.3 is 9.80 Å². The minimum atomic E-state index is -0.542. The highest BCUT2D eigenvalue weighted by Crippen LogP contribution is 2.25. The molecule has 1 saturated heterocycles. The summed E-state index contributed by atoms with van der Waals surface area (Å²) in [6.45, 7) is 3.03. The number of H-pyrrole nitrogens is 1. The van der Waals surface area contributed by atoms with Crippen LogP contribution in [0.2, 0.25) is 0 Å². The van der Waals surface area contributed by atoms with Crippen molar-refractivity contribution in [3.8, 4) is 11.1 Å². The van der Waals surface area contributed by atoms with Crippen LogP contribution in [-0.4, -0.2) is 63.0 Å². The van der Waals surface area contributed by atoms with Crippen LogP contribution in [-0.2, 0) is 4.79 Å². The molecule has 3 aromatic rings. The number of likely N-dealkylation sites (N-methyl/N-ethyl adjacent to an activating group) is 1. The molecule has 1 atom stereocenters. The van der Waals surface area contributed by atoms with E-state index in [2.05, 4.69) is 15.2 Å². The highest BCUT2D eigenvalue weighted by Gasteiger charge is 2.35. The average Bonchev–Trinajstić information content (AvgIpc) is 3.11. The van der Waals surface area contributed by atoms with Gasteiger partial charge in [0.1, 0.15) is 6.04 Å². The van der Waals surface area contributed by atoms with E-state index in [-0.39, 0.29) is 11.8 Å². The summed E-state index contributed by atoms with van der Waals surface area (Å²) in [5, 5.41) is 6.37. The van der Waals surface area contributed by atoms with Gasteiger partial charge in [0.05, 0.1) is 5.39 Å². The fraction of sp³-hybridized carbons (Fsp3) is 0.333. The van der Waals surface area contributed by atoms with E-state index in [1.54, 1.807) is 47.3 Å². The Morgan fingerprint density at radius 3 is 2.90 bits per heavy atom. The van der Waals surface area contributed by atoms with Gasteiger partial charge in [-0.05, 0) is 30.2 Å². The Labute approximate surface area is 167 Å². The van der Waals surface area contributed by atoms with Crippen molar-refractivity contribution in [3.05, 3.63) is 48.0 Å². The second-order valence-electron chi connectivity index (χ2n) is 7.28. The highest BCUT2D eigenvalue weighted by molar-refractivity contribution is 5.99. The predicted octanol–water partition coefficient (Wildman–Crippen LogP) is 2.85. The first kappa shape index (κ1) is 19.0. The van der Waals surface area contributed by atoms with Crippen molar-refractivity contribution in [2.75, 3.05) is 20.1 Å². The second-order valence-corrected chi connectivity index (χ2v) is 7.28. The van der Waals surface area contributed by atoms with Gasteiger partial charge in [-0.1, -0.05) is 25.5 Å². The van der Waals surface area contributed by atoms with E-state index < -0.39 is 12.0 Å². The van der Waals surface area contributed by atoms with Crippen LogP contribution < -0.4 is 0 Å². The lowest BCUT2D eigenvalue weighted by molar-refractivity contribution is -0.138. The number of amides is 2. The van der Waals surface area contributed by atoms with Crippen molar-refractivity contribution >= 4 is 22.8 Å². The Morgan fingerprint density at radius 1 is 1.28 bits per heavy atom. The molecule has 29 heavy (non-hydrogen) atoms. The molecule has 7 nitrogen and oxygen atoms in total. The summed E-state index contributed by atoms with van der Waals surface area (Å²) in [5.74, 6) is -0.733. The van der Waals surface area contributed by atoms with Gasteiger partial charge in [0.15, 0.2) is 5.65 Å². The number of halogens is 1. The van der Waals surface area contributed by atoms with Crippen molar-refractivity contribution in [2.45, 2.75) is 25.8 Å². The number of carbonyl (C=O) groups excluding carboxylic acids is 2. The minimum Gasteiger partial charge on any atom is -0.342 e. The van der Waals surface area contributed by atoms with Gasteiger partial charge in [-0.25, -0.2) is 4.98 Å². The van der Waals surface area contributed by atoms with E-state index in [0.717, 1.165) is 12.0 Å². The summed E-state index contributed by atoms with van der Waals surface area (Å²) in [6, 6.07) is 8.34. The molecule has 0 spiro atoms. The van der Waals surface area contributed by atoms with Gasteiger partial charge in [0, 0.05) is 37.5 Å². The molecule has 1 aliphatic heterocycles. The molecule has 1 N–H and O–H groups in total. The van der Waals surface area contributed by atoms with Crippen LogP contribution in [0.25, 0.3) is 22.2 Å². The molecule has 150 valence electrons. The SMILES string of the molecule is CCCC1C(=O)N(C)CCN1C(=O)c1cccc(-c2cnc3n[nH]c(F)c3c2)c1. The van der Waals surface area contributed by atoms with Gasteiger partial charge in [-0.15, -0.1) is 0 Å². The second kappa shape index (κ2) is 7.62. The van der Waals surface area contributed by atoms with E-state index in [0.29, 0.717) is 41.7 Å². The third-order valence-electron chi connectivity index (χ3n) is 5.34. The van der Waals surface area contributed by atoms with Gasteiger partial charge in [0.2, 0.25) is 11.9 Å². The molecule has 1 fully saturated rings. The summed E-state index contributed by atoms with van der Waals surface area (Å²) in [4.78, 5) is 33.3. The molecule has 1 aromatic carbocycles. The summed E-state index contributed by atoms with van der Waals surface area (Å²) in [6.07, 6.45) is 3.05. The third-order valence-corrected chi connectivity index (χ3v) is 5.34. The van der Waals surface area contributed by atoms with E-state index in [1.807, 2.05) is 13.0 Å². The zero-order valence-electron chi connectivity index (χ0n) is 16.4. The van der Waals surface area contributed by atoms with E-state index in [1.165, 1.54) is 0 Å². The Morgan fingerprint density at radius 2 is 2.10 bits per heavy atom. The van der Waals surface area contributed by atoms with Crippen LogP contribution in [0.3, 0.4) is 0 Å². The van der Waals surface area contributed by atoms with Crippen LogP contribution in [0.15, 0.2) is 36.5 Å². The Hall–Kier alpha value is -3.29. The van der Waals surface area contributed by atoms with Crippen LogP contribution in [0, 0.1) is 5.95 Å². The predicted molar refractivity (Wildman–Crippen MR) is 107 cm³/mol. The number of hydrogen-bond donors (Lipinski definition) is 1. The van der Waals surface area contributed by atoms with Crippen molar-refractivity contribution < 1.29 is 14.0 Å². The zero-order chi connectivity index (χ0) is 20.5. The molecule has 1 unspecified atom stereocenters. The Bertz CT molecular complexity index is 1080. The fourth-order valence-corrected chi connectivity index (χ4v) is 3.73.